The van der Waals surface area contributed by atoms with E-state index >= 15 is 0 Å². The second-order valence-electron chi connectivity index (χ2n) is 6.10. The van der Waals surface area contributed by atoms with Crippen LogP contribution in [0, 0.1) is 10.8 Å². The quantitative estimate of drug-likeness (QED) is 0.641. The molecule has 0 saturated heterocycles. The Balaban J connectivity index is 3.20. The molecule has 0 spiro atoms. The summed E-state index contributed by atoms with van der Waals surface area (Å²) in [6.07, 6.45) is 14.4. The van der Waals surface area contributed by atoms with Crippen molar-refractivity contribution in [2.75, 3.05) is 13.7 Å². The Hall–Kier alpha value is -1.09. The lowest BCUT2D eigenvalue weighted by molar-refractivity contribution is -0.153. The highest BCUT2D eigenvalue weighted by atomic mass is 16.5. The maximum absolute atomic E-state index is 12.2. The topological polar surface area (TPSA) is 46.5 Å². The number of hydrogen-bond donors (Lipinski definition) is 1. The number of carboxylic acid groups (broad SMARTS) is 1. The van der Waals surface area contributed by atoms with Gasteiger partial charge in [0.05, 0.1) is 5.41 Å². The van der Waals surface area contributed by atoms with Crippen molar-refractivity contribution < 1.29 is 14.6 Å². The minimum Gasteiger partial charge on any atom is -0.481 e. The molecule has 2 unspecified atom stereocenters. The van der Waals surface area contributed by atoms with Gasteiger partial charge < -0.3 is 9.84 Å². The molecule has 0 bridgehead atoms. The van der Waals surface area contributed by atoms with E-state index in [1.165, 1.54) is 0 Å². The molecule has 1 N–H and O–H groups in total. The minimum atomic E-state index is -0.786. The van der Waals surface area contributed by atoms with Crippen molar-refractivity contribution in [3.8, 4) is 0 Å². The second kappa shape index (κ2) is 8.38. The average Bonchev–Trinajstić information content (AvgIpc) is 2.49. The molecular weight excluding hydrogens is 264 g/mol. The van der Waals surface area contributed by atoms with Gasteiger partial charge in [-0.05, 0) is 19.3 Å². The Morgan fingerprint density at radius 3 is 2.24 bits per heavy atom. The summed E-state index contributed by atoms with van der Waals surface area (Å²) in [4.78, 5) is 12.2. The highest BCUT2D eigenvalue weighted by Gasteiger charge is 2.53. The smallest absolute Gasteiger partial charge is 0.314 e. The number of hydrogen-bond acceptors (Lipinski definition) is 2. The summed E-state index contributed by atoms with van der Waals surface area (Å²) < 4.78 is 5.28. The van der Waals surface area contributed by atoms with Gasteiger partial charge in [-0.15, -0.1) is 0 Å². The van der Waals surface area contributed by atoms with Crippen LogP contribution in [0.2, 0.25) is 0 Å². The Kier molecular flexibility index (Phi) is 7.16. The van der Waals surface area contributed by atoms with E-state index in [9.17, 15) is 9.90 Å². The summed E-state index contributed by atoms with van der Waals surface area (Å²) in [5.41, 5.74) is -1.11. The van der Waals surface area contributed by atoms with E-state index in [0.29, 0.717) is 13.0 Å². The molecule has 1 rings (SSSR count). The molecule has 1 aliphatic rings. The minimum absolute atomic E-state index is 0.325. The molecule has 3 nitrogen and oxygen atoms in total. The average molecular weight is 294 g/mol. The van der Waals surface area contributed by atoms with Crippen LogP contribution in [0.4, 0.5) is 0 Å². The molecule has 3 heteroatoms. The van der Waals surface area contributed by atoms with E-state index in [1.807, 2.05) is 18.2 Å². The van der Waals surface area contributed by atoms with Crippen molar-refractivity contribution in [3.05, 3.63) is 24.3 Å². The normalized spacial score (nSPS) is 28.0. The summed E-state index contributed by atoms with van der Waals surface area (Å²) in [6, 6.07) is 0. The molecule has 21 heavy (non-hydrogen) atoms. The van der Waals surface area contributed by atoms with E-state index in [2.05, 4.69) is 19.9 Å². The zero-order valence-electron chi connectivity index (χ0n) is 13.7. The lowest BCUT2D eigenvalue weighted by Gasteiger charge is -2.47. The molecule has 2 atom stereocenters. The first-order chi connectivity index (χ1) is 10.1. The lowest BCUT2D eigenvalue weighted by atomic mass is 9.55. The van der Waals surface area contributed by atoms with Crippen molar-refractivity contribution in [1.29, 1.82) is 0 Å². The molecule has 0 saturated carbocycles. The maximum atomic E-state index is 12.2. The van der Waals surface area contributed by atoms with Crippen molar-refractivity contribution in [2.24, 2.45) is 10.8 Å². The number of allylic oxidation sites excluding steroid dienone is 3. The molecule has 0 aromatic heterocycles. The monoisotopic (exact) mass is 294 g/mol. The molecular formula is C18H30O3. The van der Waals surface area contributed by atoms with Gasteiger partial charge in [0.15, 0.2) is 0 Å². The Bertz CT molecular complexity index is 376. The van der Waals surface area contributed by atoms with Crippen LogP contribution in [0.1, 0.15) is 58.8 Å². The van der Waals surface area contributed by atoms with Crippen LogP contribution in [0.15, 0.2) is 24.3 Å². The Morgan fingerprint density at radius 2 is 1.67 bits per heavy atom. The van der Waals surface area contributed by atoms with Crippen LogP contribution in [-0.2, 0) is 9.53 Å². The molecule has 0 amide bonds. The third-order valence-corrected chi connectivity index (χ3v) is 4.83. The summed E-state index contributed by atoms with van der Waals surface area (Å²) in [6.45, 7) is 4.87. The molecule has 0 radical (unpaired) electrons. The van der Waals surface area contributed by atoms with E-state index < -0.39 is 11.4 Å². The zero-order chi connectivity index (χ0) is 15.8. The maximum Gasteiger partial charge on any atom is 0.314 e. The summed E-state index contributed by atoms with van der Waals surface area (Å²) in [7, 11) is 1.68. The van der Waals surface area contributed by atoms with Gasteiger partial charge in [-0.25, -0.2) is 0 Å². The van der Waals surface area contributed by atoms with Crippen molar-refractivity contribution >= 4 is 5.97 Å². The van der Waals surface area contributed by atoms with Crippen LogP contribution in [-0.4, -0.2) is 24.8 Å². The van der Waals surface area contributed by atoms with E-state index in [0.717, 1.165) is 38.5 Å². The Labute approximate surface area is 129 Å². The number of ether oxygens (including phenoxy) is 1. The van der Waals surface area contributed by atoms with Gasteiger partial charge in [0.25, 0.3) is 0 Å². The highest BCUT2D eigenvalue weighted by Crippen LogP contribution is 2.53. The van der Waals surface area contributed by atoms with E-state index in [-0.39, 0.29) is 5.41 Å². The van der Waals surface area contributed by atoms with Crippen LogP contribution in [0.25, 0.3) is 0 Å². The summed E-state index contributed by atoms with van der Waals surface area (Å²) in [5.74, 6) is -0.691. The van der Waals surface area contributed by atoms with E-state index in [4.69, 9.17) is 4.74 Å². The van der Waals surface area contributed by atoms with Crippen molar-refractivity contribution in [2.45, 2.75) is 58.8 Å². The van der Waals surface area contributed by atoms with Crippen LogP contribution < -0.4 is 0 Å². The van der Waals surface area contributed by atoms with Crippen LogP contribution >= 0.6 is 0 Å². The molecule has 0 fully saturated rings. The fraction of sp³-hybridized carbons (Fsp3) is 0.722. The lowest BCUT2D eigenvalue weighted by Crippen LogP contribution is -2.47. The van der Waals surface area contributed by atoms with Gasteiger partial charge in [-0.3, -0.25) is 4.79 Å². The number of unbranched alkanes of at least 4 members (excludes halogenated alkanes) is 2. The summed E-state index contributed by atoms with van der Waals surface area (Å²) in [5, 5.41) is 10.0. The number of aliphatic carboxylic acids is 1. The van der Waals surface area contributed by atoms with Crippen molar-refractivity contribution in [1.82, 2.24) is 0 Å². The zero-order valence-corrected chi connectivity index (χ0v) is 13.7. The first-order valence-corrected chi connectivity index (χ1v) is 8.18. The van der Waals surface area contributed by atoms with Gasteiger partial charge in [0, 0.05) is 19.1 Å². The van der Waals surface area contributed by atoms with Gasteiger partial charge >= 0.3 is 5.97 Å². The molecule has 0 heterocycles. The molecule has 0 aliphatic heterocycles. The SMILES string of the molecule is CCCCC1(CCOC)C=CC=CC1(CCCC)C(=O)O. The van der Waals surface area contributed by atoms with Crippen molar-refractivity contribution in [3.63, 3.8) is 0 Å². The predicted molar refractivity (Wildman–Crippen MR) is 86.3 cm³/mol. The number of carbonyl (C=O) groups is 1. The fourth-order valence-electron chi connectivity index (χ4n) is 3.47. The highest BCUT2D eigenvalue weighted by molar-refractivity contribution is 5.79. The first kappa shape index (κ1) is 18.0. The van der Waals surface area contributed by atoms with E-state index in [1.54, 1.807) is 7.11 Å². The molecule has 1 aliphatic carbocycles. The van der Waals surface area contributed by atoms with Crippen LogP contribution in [0.5, 0.6) is 0 Å². The molecule has 0 aromatic carbocycles. The van der Waals surface area contributed by atoms with Gasteiger partial charge in [-0.2, -0.15) is 0 Å². The first-order valence-electron chi connectivity index (χ1n) is 8.18. The number of carboxylic acids is 1. The van der Waals surface area contributed by atoms with Crippen LogP contribution in [0.3, 0.4) is 0 Å². The molecule has 0 aromatic rings. The van der Waals surface area contributed by atoms with Gasteiger partial charge in [-0.1, -0.05) is 63.8 Å². The number of rotatable bonds is 10. The Morgan fingerprint density at radius 1 is 1.05 bits per heavy atom. The second-order valence-corrected chi connectivity index (χ2v) is 6.10. The molecule has 120 valence electrons. The largest absolute Gasteiger partial charge is 0.481 e. The summed E-state index contributed by atoms with van der Waals surface area (Å²) >= 11 is 0. The standard InChI is InChI=1S/C18H30O3/c1-4-6-10-17(14-15-21-3)11-8-9-13-18(17,16(19)20)12-7-5-2/h8-9,11,13H,4-7,10,12,14-15H2,1-3H3,(H,19,20). The van der Waals surface area contributed by atoms with Gasteiger partial charge in [0.2, 0.25) is 0 Å². The third kappa shape index (κ3) is 3.76. The number of methoxy groups -OCH3 is 1. The third-order valence-electron chi connectivity index (χ3n) is 4.83. The predicted octanol–water partition coefficient (Wildman–Crippen LogP) is 4.59. The van der Waals surface area contributed by atoms with Gasteiger partial charge in [0.1, 0.15) is 0 Å². The fourth-order valence-corrected chi connectivity index (χ4v) is 3.47.